The predicted octanol–water partition coefficient (Wildman–Crippen LogP) is 5.65. The van der Waals surface area contributed by atoms with Crippen LogP contribution in [0.3, 0.4) is 0 Å². The van der Waals surface area contributed by atoms with E-state index in [0.29, 0.717) is 11.9 Å². The van der Waals surface area contributed by atoms with Crippen molar-refractivity contribution in [2.24, 2.45) is 5.92 Å². The van der Waals surface area contributed by atoms with Gasteiger partial charge in [-0.3, -0.25) is 4.57 Å². The average molecular weight is 497 g/mol. The van der Waals surface area contributed by atoms with E-state index in [1.807, 2.05) is 24.4 Å². The number of hydrogen-bond donors (Lipinski definition) is 2. The minimum atomic E-state index is 0.593. The van der Waals surface area contributed by atoms with Crippen LogP contribution in [-0.2, 0) is 6.54 Å². The number of benzene rings is 2. The Morgan fingerprint density at radius 3 is 2.30 bits per heavy atom. The molecule has 2 aromatic heterocycles. The lowest BCUT2D eigenvalue weighted by atomic mass is 9.89. The van der Waals surface area contributed by atoms with Crippen LogP contribution in [0.2, 0.25) is 0 Å². The summed E-state index contributed by atoms with van der Waals surface area (Å²) >= 11 is 0. The third-order valence-corrected chi connectivity index (χ3v) is 7.68. The van der Waals surface area contributed by atoms with E-state index in [-0.39, 0.29) is 0 Å². The summed E-state index contributed by atoms with van der Waals surface area (Å²) in [6, 6.07) is 18.8. The summed E-state index contributed by atoms with van der Waals surface area (Å²) in [6.07, 6.45) is 8.33. The zero-order valence-electron chi connectivity index (χ0n) is 21.6. The maximum atomic E-state index is 4.94. The molecule has 2 aliphatic rings. The number of fused-ring (bicyclic) bond motifs is 1. The molecular weight excluding hydrogens is 460 g/mol. The molecule has 1 aliphatic heterocycles. The van der Waals surface area contributed by atoms with Gasteiger partial charge in [-0.1, -0.05) is 37.5 Å². The van der Waals surface area contributed by atoms with Gasteiger partial charge in [-0.2, -0.15) is 4.98 Å². The highest BCUT2D eigenvalue weighted by Crippen LogP contribution is 2.30. The van der Waals surface area contributed by atoms with E-state index < -0.39 is 0 Å². The molecule has 6 rings (SSSR count). The van der Waals surface area contributed by atoms with Crippen LogP contribution in [0.4, 0.5) is 29.0 Å². The minimum Gasteiger partial charge on any atom is -0.369 e. The topological polar surface area (TPSA) is 74.1 Å². The van der Waals surface area contributed by atoms with E-state index >= 15 is 0 Å². The molecule has 192 valence electrons. The summed E-state index contributed by atoms with van der Waals surface area (Å²) in [4.78, 5) is 19.2. The van der Waals surface area contributed by atoms with Crippen molar-refractivity contribution in [2.45, 2.75) is 38.6 Å². The van der Waals surface area contributed by atoms with E-state index in [2.05, 4.69) is 73.4 Å². The van der Waals surface area contributed by atoms with Gasteiger partial charge in [0.05, 0.1) is 6.20 Å². The zero-order chi connectivity index (χ0) is 25.0. The molecule has 4 aromatic rings. The van der Waals surface area contributed by atoms with Crippen molar-refractivity contribution in [3.63, 3.8) is 0 Å². The monoisotopic (exact) mass is 496 g/mol. The van der Waals surface area contributed by atoms with Gasteiger partial charge in [-0.25, -0.2) is 9.97 Å². The summed E-state index contributed by atoms with van der Waals surface area (Å²) in [6.45, 7) is 5.25. The largest absolute Gasteiger partial charge is 0.369 e. The quantitative estimate of drug-likeness (QED) is 0.343. The fourth-order valence-electron chi connectivity index (χ4n) is 5.48. The Balaban J connectivity index is 1.25. The van der Waals surface area contributed by atoms with Crippen LogP contribution in [0, 0.1) is 5.92 Å². The Bertz CT molecular complexity index is 1300. The van der Waals surface area contributed by atoms with Crippen molar-refractivity contribution >= 4 is 40.1 Å². The van der Waals surface area contributed by atoms with Crippen LogP contribution in [0.25, 0.3) is 11.2 Å². The van der Waals surface area contributed by atoms with Crippen LogP contribution in [0.5, 0.6) is 0 Å². The molecule has 2 aromatic carbocycles. The highest BCUT2D eigenvalue weighted by atomic mass is 15.3. The van der Waals surface area contributed by atoms with Gasteiger partial charge in [-0.15, -0.1) is 0 Å². The lowest BCUT2D eigenvalue weighted by molar-refractivity contribution is 0.313. The fourth-order valence-corrected chi connectivity index (χ4v) is 5.48. The molecule has 8 heteroatoms. The standard InChI is InChI=1S/C29H36N8/c1-35-16-18-36(19-17-35)25-14-12-24(13-15-25)31-28-30-20-26-27(34-28)37(21-22-8-4-2-5-9-22)29(33-26)32-23-10-6-3-7-11-23/h3,6-7,10-15,20,22H,2,4-5,8-9,16-19,21H2,1H3,(H,32,33)(H,30,31,34). The van der Waals surface area contributed by atoms with Crippen molar-refractivity contribution in [3.8, 4) is 0 Å². The highest BCUT2D eigenvalue weighted by Gasteiger charge is 2.20. The Morgan fingerprint density at radius 1 is 0.811 bits per heavy atom. The Hall–Kier alpha value is -3.65. The summed E-state index contributed by atoms with van der Waals surface area (Å²) in [5.74, 6) is 2.07. The summed E-state index contributed by atoms with van der Waals surface area (Å²) in [5.41, 5.74) is 4.95. The smallest absolute Gasteiger partial charge is 0.229 e. The van der Waals surface area contributed by atoms with Gasteiger partial charge in [-0.05, 0) is 62.2 Å². The molecule has 0 amide bonds. The van der Waals surface area contributed by atoms with Crippen molar-refractivity contribution in [1.82, 2.24) is 24.4 Å². The number of nitrogens with zero attached hydrogens (tertiary/aromatic N) is 6. The highest BCUT2D eigenvalue weighted by molar-refractivity contribution is 5.77. The molecule has 0 unspecified atom stereocenters. The SMILES string of the molecule is CN1CCN(c2ccc(Nc3ncc4nc(Nc5ccccc5)n(CC5CCCCC5)c4n3)cc2)CC1. The van der Waals surface area contributed by atoms with Gasteiger partial charge in [0.1, 0.15) is 5.52 Å². The molecule has 1 saturated carbocycles. The van der Waals surface area contributed by atoms with Crippen LogP contribution in [0.1, 0.15) is 32.1 Å². The van der Waals surface area contributed by atoms with Gasteiger partial charge < -0.3 is 20.4 Å². The second kappa shape index (κ2) is 10.8. The van der Waals surface area contributed by atoms with E-state index in [1.165, 1.54) is 37.8 Å². The second-order valence-electron chi connectivity index (χ2n) is 10.4. The summed E-state index contributed by atoms with van der Waals surface area (Å²) < 4.78 is 2.25. The molecule has 3 heterocycles. The van der Waals surface area contributed by atoms with Crippen molar-refractivity contribution in [3.05, 3.63) is 60.8 Å². The fraction of sp³-hybridized carbons (Fsp3) is 0.414. The van der Waals surface area contributed by atoms with Crippen molar-refractivity contribution < 1.29 is 0 Å². The minimum absolute atomic E-state index is 0.593. The van der Waals surface area contributed by atoms with E-state index in [1.54, 1.807) is 0 Å². The van der Waals surface area contributed by atoms with E-state index in [0.717, 1.165) is 61.2 Å². The van der Waals surface area contributed by atoms with Crippen LogP contribution < -0.4 is 15.5 Å². The number of nitrogens with one attached hydrogen (secondary N) is 2. The van der Waals surface area contributed by atoms with E-state index in [4.69, 9.17) is 9.97 Å². The van der Waals surface area contributed by atoms with Gasteiger partial charge in [0.25, 0.3) is 0 Å². The molecule has 0 bridgehead atoms. The second-order valence-corrected chi connectivity index (χ2v) is 10.4. The molecule has 2 fully saturated rings. The predicted molar refractivity (Wildman–Crippen MR) is 151 cm³/mol. The molecule has 2 N–H and O–H groups in total. The van der Waals surface area contributed by atoms with Crippen molar-refractivity contribution in [2.75, 3.05) is 48.8 Å². The number of anilines is 5. The van der Waals surface area contributed by atoms with E-state index in [9.17, 15) is 0 Å². The first kappa shape index (κ1) is 23.7. The number of imidazole rings is 1. The normalized spacial score (nSPS) is 17.3. The van der Waals surface area contributed by atoms with Gasteiger partial charge >= 0.3 is 0 Å². The summed E-state index contributed by atoms with van der Waals surface area (Å²) in [7, 11) is 2.18. The van der Waals surface area contributed by atoms with Crippen LogP contribution in [0.15, 0.2) is 60.8 Å². The zero-order valence-corrected chi connectivity index (χ0v) is 21.6. The van der Waals surface area contributed by atoms with Gasteiger partial charge in [0.2, 0.25) is 11.9 Å². The Kier molecular flexibility index (Phi) is 6.90. The maximum Gasteiger partial charge on any atom is 0.229 e. The third kappa shape index (κ3) is 5.54. The van der Waals surface area contributed by atoms with Crippen LogP contribution in [-0.4, -0.2) is 57.6 Å². The maximum absolute atomic E-state index is 4.94. The molecule has 0 spiro atoms. The van der Waals surface area contributed by atoms with Crippen molar-refractivity contribution in [1.29, 1.82) is 0 Å². The molecule has 37 heavy (non-hydrogen) atoms. The lowest BCUT2D eigenvalue weighted by Gasteiger charge is -2.34. The van der Waals surface area contributed by atoms with Gasteiger partial charge in [0, 0.05) is 49.8 Å². The molecule has 1 aliphatic carbocycles. The average Bonchev–Trinajstić information content (AvgIpc) is 3.26. The Morgan fingerprint density at radius 2 is 1.54 bits per heavy atom. The first-order valence-corrected chi connectivity index (χ1v) is 13.6. The Labute approximate surface area is 218 Å². The number of rotatable bonds is 7. The number of hydrogen-bond acceptors (Lipinski definition) is 7. The lowest BCUT2D eigenvalue weighted by Crippen LogP contribution is -2.44. The third-order valence-electron chi connectivity index (χ3n) is 7.68. The number of likely N-dealkylation sites (N-methyl/N-ethyl adjacent to an activating group) is 1. The summed E-state index contributed by atoms with van der Waals surface area (Å²) in [5, 5.41) is 6.93. The number of aromatic nitrogens is 4. The number of para-hydroxylation sites is 1. The first-order chi connectivity index (χ1) is 18.2. The first-order valence-electron chi connectivity index (χ1n) is 13.6. The molecule has 0 radical (unpaired) electrons. The molecule has 8 nitrogen and oxygen atoms in total. The molecular formula is C29H36N8. The van der Waals surface area contributed by atoms with Gasteiger partial charge in [0.15, 0.2) is 5.65 Å². The number of piperazine rings is 1. The van der Waals surface area contributed by atoms with Crippen LogP contribution >= 0.6 is 0 Å². The molecule has 0 atom stereocenters. The molecule has 1 saturated heterocycles.